The van der Waals surface area contributed by atoms with E-state index in [-0.39, 0.29) is 5.92 Å². The van der Waals surface area contributed by atoms with Gasteiger partial charge in [0, 0.05) is 0 Å². The van der Waals surface area contributed by atoms with Crippen LogP contribution in [0.4, 0.5) is 0 Å². The lowest BCUT2D eigenvalue weighted by molar-refractivity contribution is -0.143. The largest absolute Gasteiger partial charge is 0.497 e. The normalized spacial score (nSPS) is 12.3. The van der Waals surface area contributed by atoms with Crippen molar-refractivity contribution >= 4 is 5.97 Å². The fraction of sp³-hybridized carbons (Fsp3) is 0.500. The van der Waals surface area contributed by atoms with Crippen LogP contribution < -0.4 is 9.47 Å². The van der Waals surface area contributed by atoms with Crippen LogP contribution in [-0.2, 0) is 11.2 Å². The van der Waals surface area contributed by atoms with E-state index >= 15 is 0 Å². The van der Waals surface area contributed by atoms with Gasteiger partial charge >= 0.3 is 5.97 Å². The van der Waals surface area contributed by atoms with E-state index in [9.17, 15) is 9.90 Å². The van der Waals surface area contributed by atoms with Crippen LogP contribution >= 0.6 is 0 Å². The summed E-state index contributed by atoms with van der Waals surface area (Å²) in [4.78, 5) is 11.2. The predicted molar refractivity (Wildman–Crippen MR) is 69.2 cm³/mol. The van der Waals surface area contributed by atoms with E-state index in [2.05, 4.69) is 0 Å². The Balaban J connectivity index is 3.03. The molecular formula is C14H20O4. The molecule has 0 aliphatic rings. The molecule has 0 aliphatic heterocycles. The van der Waals surface area contributed by atoms with Crippen LogP contribution in [0.5, 0.6) is 11.5 Å². The molecule has 0 heterocycles. The third kappa shape index (κ3) is 3.39. The van der Waals surface area contributed by atoms with Crippen molar-refractivity contribution in [2.75, 3.05) is 14.2 Å². The molecule has 1 aromatic carbocycles. The van der Waals surface area contributed by atoms with Crippen molar-refractivity contribution in [2.45, 2.75) is 20.3 Å². The van der Waals surface area contributed by atoms with Crippen LogP contribution in [0.1, 0.15) is 19.4 Å². The van der Waals surface area contributed by atoms with Crippen LogP contribution in [0.25, 0.3) is 0 Å². The van der Waals surface area contributed by atoms with Crippen LogP contribution in [0.15, 0.2) is 18.2 Å². The molecule has 1 aromatic rings. The second kappa shape index (κ2) is 6.28. The highest BCUT2D eigenvalue weighted by Crippen LogP contribution is 2.28. The molecule has 4 heteroatoms. The number of hydrogen-bond donors (Lipinski definition) is 1. The molecule has 0 spiro atoms. The monoisotopic (exact) mass is 252 g/mol. The summed E-state index contributed by atoms with van der Waals surface area (Å²) in [7, 11) is 3.17. The van der Waals surface area contributed by atoms with Gasteiger partial charge in [-0.25, -0.2) is 0 Å². The first-order valence-electron chi connectivity index (χ1n) is 5.93. The Morgan fingerprint density at radius 1 is 1.28 bits per heavy atom. The van der Waals surface area contributed by atoms with E-state index in [0.29, 0.717) is 17.9 Å². The molecule has 0 fully saturated rings. The summed E-state index contributed by atoms with van der Waals surface area (Å²) in [6.45, 7) is 3.82. The lowest BCUT2D eigenvalue weighted by Crippen LogP contribution is -2.22. The summed E-state index contributed by atoms with van der Waals surface area (Å²) >= 11 is 0. The van der Waals surface area contributed by atoms with Crippen molar-refractivity contribution in [3.05, 3.63) is 23.8 Å². The van der Waals surface area contributed by atoms with E-state index in [0.717, 1.165) is 5.56 Å². The first-order chi connectivity index (χ1) is 8.49. The molecule has 4 nitrogen and oxygen atoms in total. The van der Waals surface area contributed by atoms with Gasteiger partial charge in [-0.3, -0.25) is 4.79 Å². The summed E-state index contributed by atoms with van der Waals surface area (Å²) in [6, 6.07) is 5.43. The molecule has 1 unspecified atom stereocenters. The van der Waals surface area contributed by atoms with Crippen LogP contribution in [0.3, 0.4) is 0 Å². The molecule has 1 atom stereocenters. The standard InChI is InChI=1S/C14H20O4/c1-9(2)12(14(15)16)8-10-7-11(17-3)5-6-13(10)18-4/h5-7,9,12H,8H2,1-4H3,(H,15,16). The van der Waals surface area contributed by atoms with Gasteiger partial charge in [-0.1, -0.05) is 13.8 Å². The molecule has 1 N–H and O–H groups in total. The van der Waals surface area contributed by atoms with Crippen molar-refractivity contribution < 1.29 is 19.4 Å². The average Bonchev–Trinajstić information content (AvgIpc) is 2.34. The molecule has 18 heavy (non-hydrogen) atoms. The summed E-state index contributed by atoms with van der Waals surface area (Å²) in [6.07, 6.45) is 0.438. The quantitative estimate of drug-likeness (QED) is 0.845. The van der Waals surface area contributed by atoms with Crippen LogP contribution in [0.2, 0.25) is 0 Å². The Kier molecular flexibility index (Phi) is 5.01. The van der Waals surface area contributed by atoms with Crippen molar-refractivity contribution in [3.63, 3.8) is 0 Å². The van der Waals surface area contributed by atoms with Gasteiger partial charge in [0.05, 0.1) is 20.1 Å². The summed E-state index contributed by atoms with van der Waals surface area (Å²) in [5.74, 6) is 0.265. The smallest absolute Gasteiger partial charge is 0.307 e. The second-order valence-electron chi connectivity index (χ2n) is 4.57. The van der Waals surface area contributed by atoms with E-state index in [4.69, 9.17) is 9.47 Å². The highest BCUT2D eigenvalue weighted by atomic mass is 16.5. The fourth-order valence-electron chi connectivity index (χ4n) is 1.89. The number of aliphatic carboxylic acids is 1. The van der Waals surface area contributed by atoms with E-state index in [1.165, 1.54) is 0 Å². The Morgan fingerprint density at radius 2 is 1.94 bits per heavy atom. The zero-order valence-corrected chi connectivity index (χ0v) is 11.3. The third-order valence-electron chi connectivity index (χ3n) is 3.05. The predicted octanol–water partition coefficient (Wildman–Crippen LogP) is 2.60. The lowest BCUT2D eigenvalue weighted by atomic mass is 9.89. The number of hydrogen-bond acceptors (Lipinski definition) is 3. The van der Waals surface area contributed by atoms with Gasteiger partial charge in [0.25, 0.3) is 0 Å². The summed E-state index contributed by atoms with van der Waals surface area (Å²) in [5.41, 5.74) is 0.859. The van der Waals surface area contributed by atoms with Gasteiger partial charge in [-0.05, 0) is 36.1 Å². The highest BCUT2D eigenvalue weighted by Gasteiger charge is 2.23. The molecule has 100 valence electrons. The Bertz CT molecular complexity index is 412. The number of rotatable bonds is 6. The number of methoxy groups -OCH3 is 2. The maximum atomic E-state index is 11.2. The molecule has 0 saturated heterocycles. The van der Waals surface area contributed by atoms with Crippen molar-refractivity contribution in [1.29, 1.82) is 0 Å². The van der Waals surface area contributed by atoms with Gasteiger partial charge < -0.3 is 14.6 Å². The topological polar surface area (TPSA) is 55.8 Å². The molecule has 0 aromatic heterocycles. The molecule has 0 radical (unpaired) electrons. The van der Waals surface area contributed by atoms with Gasteiger partial charge in [0.15, 0.2) is 0 Å². The molecule has 1 rings (SSSR count). The lowest BCUT2D eigenvalue weighted by Gasteiger charge is -2.18. The number of carbonyl (C=O) groups is 1. The zero-order valence-electron chi connectivity index (χ0n) is 11.3. The van der Waals surface area contributed by atoms with Gasteiger partial charge in [-0.15, -0.1) is 0 Å². The molecule has 0 saturated carbocycles. The summed E-state index contributed by atoms with van der Waals surface area (Å²) in [5, 5.41) is 9.22. The average molecular weight is 252 g/mol. The van der Waals surface area contributed by atoms with Gasteiger partial charge in [-0.2, -0.15) is 0 Å². The van der Waals surface area contributed by atoms with E-state index < -0.39 is 11.9 Å². The maximum absolute atomic E-state index is 11.2. The van der Waals surface area contributed by atoms with Crippen molar-refractivity contribution in [1.82, 2.24) is 0 Å². The molecule has 0 bridgehead atoms. The second-order valence-corrected chi connectivity index (χ2v) is 4.57. The Morgan fingerprint density at radius 3 is 2.39 bits per heavy atom. The first kappa shape index (κ1) is 14.4. The minimum atomic E-state index is -0.783. The number of ether oxygens (including phenoxy) is 2. The first-order valence-corrected chi connectivity index (χ1v) is 5.93. The number of benzene rings is 1. The fourth-order valence-corrected chi connectivity index (χ4v) is 1.89. The van der Waals surface area contributed by atoms with Gasteiger partial charge in [0.2, 0.25) is 0 Å². The van der Waals surface area contributed by atoms with E-state index in [1.54, 1.807) is 26.4 Å². The zero-order chi connectivity index (χ0) is 13.7. The Hall–Kier alpha value is -1.71. The van der Waals surface area contributed by atoms with Crippen LogP contribution in [0, 0.1) is 11.8 Å². The SMILES string of the molecule is COc1ccc(OC)c(CC(C(=O)O)C(C)C)c1. The van der Waals surface area contributed by atoms with Crippen LogP contribution in [-0.4, -0.2) is 25.3 Å². The molecule has 0 aliphatic carbocycles. The van der Waals surface area contributed by atoms with Gasteiger partial charge in [0.1, 0.15) is 11.5 Å². The molecule has 0 amide bonds. The summed E-state index contributed by atoms with van der Waals surface area (Å²) < 4.78 is 10.4. The van der Waals surface area contributed by atoms with E-state index in [1.807, 2.05) is 19.9 Å². The highest BCUT2D eigenvalue weighted by molar-refractivity contribution is 5.71. The number of carboxylic acids is 1. The Labute approximate surface area is 108 Å². The number of carboxylic acid groups (broad SMARTS) is 1. The minimum Gasteiger partial charge on any atom is -0.497 e. The molecular weight excluding hydrogens is 232 g/mol. The van der Waals surface area contributed by atoms with Crippen molar-refractivity contribution in [2.24, 2.45) is 11.8 Å². The maximum Gasteiger partial charge on any atom is 0.307 e. The minimum absolute atomic E-state index is 0.0680. The third-order valence-corrected chi connectivity index (χ3v) is 3.05. The van der Waals surface area contributed by atoms with Crippen molar-refractivity contribution in [3.8, 4) is 11.5 Å².